The third kappa shape index (κ3) is 2.02. The van der Waals surface area contributed by atoms with E-state index in [0.29, 0.717) is 5.56 Å². The molecule has 3 nitrogen and oxygen atoms in total. The first-order valence-electron chi connectivity index (χ1n) is 5.16. The third-order valence-electron chi connectivity index (χ3n) is 2.89. The average molecular weight is 205 g/mol. The normalized spacial score (nSPS) is 19.5. The minimum absolute atomic E-state index is 0.227. The van der Waals surface area contributed by atoms with Crippen molar-refractivity contribution < 1.29 is 9.53 Å². The largest absolute Gasteiger partial charge is 0.465 e. The van der Waals surface area contributed by atoms with Crippen molar-refractivity contribution in [2.75, 3.05) is 7.11 Å². The SMILES string of the molecule is COC(=O)c1ccc2c(c1)C[C@@H](N)CC2. The van der Waals surface area contributed by atoms with Crippen LogP contribution < -0.4 is 5.73 Å². The van der Waals surface area contributed by atoms with Gasteiger partial charge in [-0.2, -0.15) is 0 Å². The van der Waals surface area contributed by atoms with Crippen LogP contribution in [0.2, 0.25) is 0 Å². The molecule has 2 N–H and O–H groups in total. The van der Waals surface area contributed by atoms with Gasteiger partial charge in [0.15, 0.2) is 0 Å². The van der Waals surface area contributed by atoms with E-state index in [1.165, 1.54) is 18.2 Å². The van der Waals surface area contributed by atoms with Crippen LogP contribution in [0.25, 0.3) is 0 Å². The van der Waals surface area contributed by atoms with Crippen LogP contribution in [0, 0.1) is 0 Å². The second-order valence-electron chi connectivity index (χ2n) is 3.98. The van der Waals surface area contributed by atoms with Crippen molar-refractivity contribution >= 4 is 5.97 Å². The molecule has 0 saturated heterocycles. The summed E-state index contributed by atoms with van der Waals surface area (Å²) in [5.41, 5.74) is 9.01. The quantitative estimate of drug-likeness (QED) is 0.703. The number of benzene rings is 1. The number of aryl methyl sites for hydroxylation is 1. The summed E-state index contributed by atoms with van der Waals surface area (Å²) >= 11 is 0. The molecule has 0 heterocycles. The Balaban J connectivity index is 2.32. The number of rotatable bonds is 1. The number of hydrogen-bond acceptors (Lipinski definition) is 3. The van der Waals surface area contributed by atoms with Gasteiger partial charge in [-0.25, -0.2) is 4.79 Å². The monoisotopic (exact) mass is 205 g/mol. The summed E-state index contributed by atoms with van der Waals surface area (Å²) in [6.07, 6.45) is 2.91. The Bertz CT molecular complexity index is 387. The van der Waals surface area contributed by atoms with Gasteiger partial charge in [-0.15, -0.1) is 0 Å². The van der Waals surface area contributed by atoms with E-state index in [9.17, 15) is 4.79 Å². The summed E-state index contributed by atoms with van der Waals surface area (Å²) in [7, 11) is 1.40. The molecule has 0 unspecified atom stereocenters. The summed E-state index contributed by atoms with van der Waals surface area (Å²) in [6, 6.07) is 5.96. The Hall–Kier alpha value is -1.35. The van der Waals surface area contributed by atoms with Gasteiger partial charge in [0.1, 0.15) is 0 Å². The lowest BCUT2D eigenvalue weighted by atomic mass is 9.88. The van der Waals surface area contributed by atoms with Gasteiger partial charge in [0.25, 0.3) is 0 Å². The zero-order chi connectivity index (χ0) is 10.8. The molecule has 3 heteroatoms. The molecule has 0 aromatic heterocycles. The fourth-order valence-electron chi connectivity index (χ4n) is 2.03. The highest BCUT2D eigenvalue weighted by Crippen LogP contribution is 2.22. The Kier molecular flexibility index (Phi) is 2.73. The number of fused-ring (bicyclic) bond motifs is 1. The molecule has 0 saturated carbocycles. The Labute approximate surface area is 89.2 Å². The van der Waals surface area contributed by atoms with Gasteiger partial charge in [0, 0.05) is 6.04 Å². The number of methoxy groups -OCH3 is 1. The molecular formula is C12H15NO2. The topological polar surface area (TPSA) is 52.3 Å². The molecule has 15 heavy (non-hydrogen) atoms. The zero-order valence-corrected chi connectivity index (χ0v) is 8.82. The minimum Gasteiger partial charge on any atom is -0.465 e. The van der Waals surface area contributed by atoms with Crippen molar-refractivity contribution in [1.82, 2.24) is 0 Å². The van der Waals surface area contributed by atoms with Crippen LogP contribution in [0.5, 0.6) is 0 Å². The fraction of sp³-hybridized carbons (Fsp3) is 0.417. The summed E-state index contributed by atoms with van der Waals surface area (Å²) in [4.78, 5) is 11.3. The van der Waals surface area contributed by atoms with E-state index < -0.39 is 0 Å². The molecule has 1 atom stereocenters. The van der Waals surface area contributed by atoms with E-state index in [2.05, 4.69) is 4.74 Å². The van der Waals surface area contributed by atoms with E-state index in [1.54, 1.807) is 0 Å². The third-order valence-corrected chi connectivity index (χ3v) is 2.89. The lowest BCUT2D eigenvalue weighted by molar-refractivity contribution is 0.0600. The highest BCUT2D eigenvalue weighted by molar-refractivity contribution is 5.89. The number of nitrogens with two attached hydrogens (primary N) is 1. The molecule has 1 aliphatic carbocycles. The van der Waals surface area contributed by atoms with Gasteiger partial charge in [0.05, 0.1) is 12.7 Å². The van der Waals surface area contributed by atoms with E-state index in [1.807, 2.05) is 18.2 Å². The van der Waals surface area contributed by atoms with Crippen LogP contribution in [0.3, 0.4) is 0 Å². The second-order valence-corrected chi connectivity index (χ2v) is 3.98. The number of carbonyl (C=O) groups excluding carboxylic acids is 1. The van der Waals surface area contributed by atoms with Crippen LogP contribution in [-0.4, -0.2) is 19.1 Å². The predicted octanol–water partition coefficient (Wildman–Crippen LogP) is 1.29. The number of hydrogen-bond donors (Lipinski definition) is 1. The van der Waals surface area contributed by atoms with Gasteiger partial charge < -0.3 is 10.5 Å². The number of ether oxygens (including phenoxy) is 1. The molecular weight excluding hydrogens is 190 g/mol. The Morgan fingerprint density at radius 2 is 2.27 bits per heavy atom. The number of carbonyl (C=O) groups is 1. The average Bonchev–Trinajstić information content (AvgIpc) is 2.27. The fourth-order valence-corrected chi connectivity index (χ4v) is 2.03. The van der Waals surface area contributed by atoms with E-state index in [0.717, 1.165) is 19.3 Å². The van der Waals surface area contributed by atoms with Crippen LogP contribution in [0.15, 0.2) is 18.2 Å². The van der Waals surface area contributed by atoms with Gasteiger partial charge in [-0.3, -0.25) is 0 Å². The maximum atomic E-state index is 11.3. The maximum absolute atomic E-state index is 11.3. The van der Waals surface area contributed by atoms with E-state index in [4.69, 9.17) is 5.73 Å². The van der Waals surface area contributed by atoms with Crippen molar-refractivity contribution in [3.05, 3.63) is 34.9 Å². The highest BCUT2D eigenvalue weighted by atomic mass is 16.5. The van der Waals surface area contributed by atoms with Crippen molar-refractivity contribution in [2.24, 2.45) is 5.73 Å². The van der Waals surface area contributed by atoms with Gasteiger partial charge in [0.2, 0.25) is 0 Å². The van der Waals surface area contributed by atoms with Crippen LogP contribution in [0.4, 0.5) is 0 Å². The predicted molar refractivity (Wildman–Crippen MR) is 57.8 cm³/mol. The summed E-state index contributed by atoms with van der Waals surface area (Å²) in [5.74, 6) is -0.281. The van der Waals surface area contributed by atoms with Crippen LogP contribution in [0.1, 0.15) is 27.9 Å². The minimum atomic E-state index is -0.281. The summed E-state index contributed by atoms with van der Waals surface area (Å²) in [5, 5.41) is 0. The molecule has 0 amide bonds. The smallest absolute Gasteiger partial charge is 0.337 e. The van der Waals surface area contributed by atoms with Crippen molar-refractivity contribution in [1.29, 1.82) is 0 Å². The zero-order valence-electron chi connectivity index (χ0n) is 8.82. The molecule has 1 aromatic carbocycles. The van der Waals surface area contributed by atoms with Crippen molar-refractivity contribution in [3.8, 4) is 0 Å². The van der Waals surface area contributed by atoms with E-state index >= 15 is 0 Å². The Morgan fingerprint density at radius 1 is 1.47 bits per heavy atom. The standard InChI is InChI=1S/C12H15NO2/c1-15-12(14)9-3-2-8-4-5-11(13)7-10(8)6-9/h2-3,6,11H,4-5,7,13H2,1H3/t11-/m0/s1. The molecule has 2 rings (SSSR count). The first kappa shape index (κ1) is 10.2. The first-order chi connectivity index (χ1) is 7.20. The lowest BCUT2D eigenvalue weighted by Crippen LogP contribution is -2.28. The summed E-state index contributed by atoms with van der Waals surface area (Å²) in [6.45, 7) is 0. The molecule has 1 aliphatic rings. The summed E-state index contributed by atoms with van der Waals surface area (Å²) < 4.78 is 4.68. The van der Waals surface area contributed by atoms with Crippen molar-refractivity contribution in [2.45, 2.75) is 25.3 Å². The van der Waals surface area contributed by atoms with Crippen LogP contribution >= 0.6 is 0 Å². The molecule has 80 valence electrons. The van der Waals surface area contributed by atoms with Crippen molar-refractivity contribution in [3.63, 3.8) is 0 Å². The molecule has 0 spiro atoms. The second kappa shape index (κ2) is 4.03. The highest BCUT2D eigenvalue weighted by Gasteiger charge is 2.17. The van der Waals surface area contributed by atoms with Gasteiger partial charge in [-0.1, -0.05) is 6.07 Å². The van der Waals surface area contributed by atoms with Gasteiger partial charge in [-0.05, 0) is 42.5 Å². The van der Waals surface area contributed by atoms with Gasteiger partial charge >= 0.3 is 5.97 Å². The number of esters is 1. The molecule has 0 bridgehead atoms. The first-order valence-corrected chi connectivity index (χ1v) is 5.16. The molecule has 1 aromatic rings. The van der Waals surface area contributed by atoms with Crippen LogP contribution in [-0.2, 0) is 17.6 Å². The molecule has 0 aliphatic heterocycles. The Morgan fingerprint density at radius 3 is 3.00 bits per heavy atom. The maximum Gasteiger partial charge on any atom is 0.337 e. The molecule has 0 fully saturated rings. The van der Waals surface area contributed by atoms with E-state index in [-0.39, 0.29) is 12.0 Å². The lowest BCUT2D eigenvalue weighted by Gasteiger charge is -2.21. The molecule has 0 radical (unpaired) electrons.